The Bertz CT molecular complexity index is 971. The van der Waals surface area contributed by atoms with Gasteiger partial charge in [0.2, 0.25) is 0 Å². The van der Waals surface area contributed by atoms with Crippen LogP contribution in [0.4, 0.5) is 5.69 Å². The number of carbonyl (C=O) groups excluding carboxylic acids is 1. The van der Waals surface area contributed by atoms with Crippen molar-refractivity contribution in [2.45, 2.75) is 13.3 Å². The van der Waals surface area contributed by atoms with Crippen LogP contribution in [0, 0.1) is 6.92 Å². The molecule has 150 valence electrons. The molecule has 4 rings (SSSR count). The van der Waals surface area contributed by atoms with Crippen molar-refractivity contribution >= 4 is 22.4 Å². The number of rotatable bonds is 6. The predicted octanol–water partition coefficient (Wildman–Crippen LogP) is 4.09. The van der Waals surface area contributed by atoms with E-state index in [4.69, 9.17) is 0 Å². The van der Waals surface area contributed by atoms with Gasteiger partial charge in [0.15, 0.2) is 0 Å². The highest BCUT2D eigenvalue weighted by molar-refractivity contribution is 6.06. The van der Waals surface area contributed by atoms with E-state index in [9.17, 15) is 4.79 Å². The summed E-state index contributed by atoms with van der Waals surface area (Å²) in [5.74, 6) is 0.0195. The molecular formula is C25H29N3O. The number of hydrogen-bond acceptors (Lipinski definition) is 3. The Labute approximate surface area is 173 Å². The van der Waals surface area contributed by atoms with Gasteiger partial charge >= 0.3 is 0 Å². The first-order chi connectivity index (χ1) is 14.2. The normalized spacial score (nSPS) is 14.9. The zero-order chi connectivity index (χ0) is 20.1. The fourth-order valence-corrected chi connectivity index (χ4v) is 4.08. The average molecular weight is 388 g/mol. The number of aryl methyl sites for hydroxylation is 1. The maximum Gasteiger partial charge on any atom is 0.251 e. The molecule has 0 atom stereocenters. The van der Waals surface area contributed by atoms with E-state index >= 15 is 0 Å². The molecule has 1 aliphatic heterocycles. The van der Waals surface area contributed by atoms with E-state index in [0.717, 1.165) is 55.5 Å². The summed E-state index contributed by atoms with van der Waals surface area (Å²) in [7, 11) is 0. The van der Waals surface area contributed by atoms with Gasteiger partial charge in [0.05, 0.1) is 0 Å². The van der Waals surface area contributed by atoms with Crippen LogP contribution in [0.3, 0.4) is 0 Å². The predicted molar refractivity (Wildman–Crippen MR) is 121 cm³/mol. The Morgan fingerprint density at radius 3 is 2.52 bits per heavy atom. The van der Waals surface area contributed by atoms with Gasteiger partial charge in [0.1, 0.15) is 0 Å². The monoisotopic (exact) mass is 387 g/mol. The highest BCUT2D eigenvalue weighted by Gasteiger charge is 2.17. The topological polar surface area (TPSA) is 35.6 Å². The minimum Gasteiger partial charge on any atom is -0.369 e. The maximum absolute atomic E-state index is 12.6. The van der Waals surface area contributed by atoms with Crippen LogP contribution in [0.25, 0.3) is 10.8 Å². The second-order valence-corrected chi connectivity index (χ2v) is 7.80. The van der Waals surface area contributed by atoms with E-state index in [-0.39, 0.29) is 5.91 Å². The molecule has 0 radical (unpaired) electrons. The van der Waals surface area contributed by atoms with Crippen LogP contribution < -0.4 is 10.2 Å². The largest absolute Gasteiger partial charge is 0.369 e. The minimum atomic E-state index is 0.0195. The summed E-state index contributed by atoms with van der Waals surface area (Å²) < 4.78 is 0. The molecule has 0 saturated carbocycles. The van der Waals surface area contributed by atoms with Crippen molar-refractivity contribution < 1.29 is 4.79 Å². The van der Waals surface area contributed by atoms with Crippen molar-refractivity contribution in [3.8, 4) is 0 Å². The number of fused-ring (bicyclic) bond motifs is 1. The van der Waals surface area contributed by atoms with E-state index < -0.39 is 0 Å². The van der Waals surface area contributed by atoms with Crippen molar-refractivity contribution in [2.24, 2.45) is 0 Å². The highest BCUT2D eigenvalue weighted by atomic mass is 16.1. The van der Waals surface area contributed by atoms with Gasteiger partial charge in [-0.05, 0) is 54.4 Å². The molecular weight excluding hydrogens is 358 g/mol. The summed E-state index contributed by atoms with van der Waals surface area (Å²) in [6.07, 6.45) is 0.973. The Morgan fingerprint density at radius 2 is 1.69 bits per heavy atom. The second-order valence-electron chi connectivity index (χ2n) is 7.80. The van der Waals surface area contributed by atoms with Crippen LogP contribution in [0.15, 0.2) is 66.7 Å². The van der Waals surface area contributed by atoms with Crippen LogP contribution in [-0.4, -0.2) is 50.1 Å². The van der Waals surface area contributed by atoms with Crippen LogP contribution in [-0.2, 0) is 0 Å². The van der Waals surface area contributed by atoms with E-state index in [1.165, 1.54) is 11.3 Å². The minimum absolute atomic E-state index is 0.0195. The van der Waals surface area contributed by atoms with Gasteiger partial charge in [-0.15, -0.1) is 0 Å². The number of nitrogens with zero attached hydrogens (tertiary/aromatic N) is 2. The van der Waals surface area contributed by atoms with E-state index in [1.807, 2.05) is 42.5 Å². The van der Waals surface area contributed by atoms with Gasteiger partial charge in [-0.25, -0.2) is 0 Å². The van der Waals surface area contributed by atoms with Gasteiger partial charge < -0.3 is 10.2 Å². The third kappa shape index (κ3) is 4.77. The van der Waals surface area contributed by atoms with Gasteiger partial charge in [-0.2, -0.15) is 0 Å². The Morgan fingerprint density at radius 1 is 0.931 bits per heavy atom. The SMILES string of the molecule is Cc1cccc(N2CCN(CCCNC(=O)c3cccc4ccccc34)CC2)c1. The summed E-state index contributed by atoms with van der Waals surface area (Å²) in [4.78, 5) is 17.6. The molecule has 1 aliphatic rings. The fraction of sp³-hybridized carbons (Fsp3) is 0.320. The van der Waals surface area contributed by atoms with Crippen molar-refractivity contribution in [1.82, 2.24) is 10.2 Å². The van der Waals surface area contributed by atoms with Gasteiger partial charge in [0.25, 0.3) is 5.91 Å². The molecule has 3 aromatic rings. The molecule has 3 aromatic carbocycles. The van der Waals surface area contributed by atoms with E-state index in [0.29, 0.717) is 6.54 Å². The molecule has 1 fully saturated rings. The first-order valence-electron chi connectivity index (χ1n) is 10.5. The van der Waals surface area contributed by atoms with Crippen LogP contribution >= 0.6 is 0 Å². The smallest absolute Gasteiger partial charge is 0.251 e. The number of benzene rings is 3. The van der Waals surface area contributed by atoms with Gasteiger partial charge in [-0.1, -0.05) is 48.5 Å². The third-order valence-corrected chi connectivity index (χ3v) is 5.71. The molecule has 0 aliphatic carbocycles. The molecule has 4 nitrogen and oxygen atoms in total. The molecule has 29 heavy (non-hydrogen) atoms. The summed E-state index contributed by atoms with van der Waals surface area (Å²) in [6.45, 7) is 8.15. The summed E-state index contributed by atoms with van der Waals surface area (Å²) >= 11 is 0. The maximum atomic E-state index is 12.6. The van der Waals surface area contributed by atoms with E-state index in [1.54, 1.807) is 0 Å². The molecule has 0 unspecified atom stereocenters. The van der Waals surface area contributed by atoms with E-state index in [2.05, 4.69) is 46.3 Å². The zero-order valence-electron chi connectivity index (χ0n) is 17.1. The molecule has 0 spiro atoms. The fourth-order valence-electron chi connectivity index (χ4n) is 4.08. The molecule has 4 heteroatoms. The lowest BCUT2D eigenvalue weighted by Gasteiger charge is -2.36. The van der Waals surface area contributed by atoms with Crippen molar-refractivity contribution in [3.05, 3.63) is 77.9 Å². The lowest BCUT2D eigenvalue weighted by molar-refractivity contribution is 0.0953. The average Bonchev–Trinajstić information content (AvgIpc) is 2.76. The van der Waals surface area contributed by atoms with Crippen molar-refractivity contribution in [2.75, 3.05) is 44.2 Å². The number of amides is 1. The Kier molecular flexibility index (Phi) is 6.11. The number of hydrogen-bond donors (Lipinski definition) is 1. The molecule has 1 saturated heterocycles. The number of anilines is 1. The molecule has 1 N–H and O–H groups in total. The number of nitrogens with one attached hydrogen (secondary N) is 1. The zero-order valence-corrected chi connectivity index (χ0v) is 17.1. The van der Waals surface area contributed by atoms with Crippen LogP contribution in [0.5, 0.6) is 0 Å². The van der Waals surface area contributed by atoms with Crippen LogP contribution in [0.2, 0.25) is 0 Å². The molecule has 1 heterocycles. The highest BCUT2D eigenvalue weighted by Crippen LogP contribution is 2.19. The molecule has 0 aromatic heterocycles. The summed E-state index contributed by atoms with van der Waals surface area (Å²) in [6, 6.07) is 22.7. The Hall–Kier alpha value is -2.85. The molecule has 1 amide bonds. The van der Waals surface area contributed by atoms with Gasteiger partial charge in [-0.3, -0.25) is 9.69 Å². The van der Waals surface area contributed by atoms with Crippen molar-refractivity contribution in [3.63, 3.8) is 0 Å². The van der Waals surface area contributed by atoms with Gasteiger partial charge in [0, 0.05) is 44.0 Å². The first kappa shape index (κ1) is 19.5. The summed E-state index contributed by atoms with van der Waals surface area (Å²) in [5, 5.41) is 5.21. The Balaban J connectivity index is 1.22. The van der Waals surface area contributed by atoms with Crippen LogP contribution in [0.1, 0.15) is 22.3 Å². The molecule has 0 bridgehead atoms. The lowest BCUT2D eigenvalue weighted by Crippen LogP contribution is -2.47. The third-order valence-electron chi connectivity index (χ3n) is 5.71. The second kappa shape index (κ2) is 9.10. The number of piperazine rings is 1. The number of carbonyl (C=O) groups is 1. The first-order valence-corrected chi connectivity index (χ1v) is 10.5. The summed E-state index contributed by atoms with van der Waals surface area (Å²) in [5.41, 5.74) is 3.40. The standard InChI is InChI=1S/C25H29N3O/c1-20-7-4-10-22(19-20)28-17-15-27(16-18-28)14-6-13-26-25(29)24-12-5-9-21-8-2-3-11-23(21)24/h2-5,7-12,19H,6,13-18H2,1H3,(H,26,29). The van der Waals surface area contributed by atoms with Crippen molar-refractivity contribution in [1.29, 1.82) is 0 Å². The lowest BCUT2D eigenvalue weighted by atomic mass is 10.0. The quantitative estimate of drug-likeness (QED) is 0.647.